The number of aryl methyl sites for hydroxylation is 1. The summed E-state index contributed by atoms with van der Waals surface area (Å²) in [7, 11) is 1.59. The van der Waals surface area contributed by atoms with Crippen LogP contribution in [0.3, 0.4) is 0 Å². The second-order valence-electron chi connectivity index (χ2n) is 7.58. The van der Waals surface area contributed by atoms with Crippen LogP contribution in [0.5, 0.6) is 11.5 Å². The van der Waals surface area contributed by atoms with E-state index < -0.39 is 0 Å². The minimum atomic E-state index is -0.377. The largest absolute Gasteiger partial charge is 0.496 e. The van der Waals surface area contributed by atoms with Crippen LogP contribution in [0.1, 0.15) is 36.3 Å². The van der Waals surface area contributed by atoms with Gasteiger partial charge in [0.05, 0.1) is 7.11 Å². The van der Waals surface area contributed by atoms with Crippen molar-refractivity contribution in [1.82, 2.24) is 15.5 Å². The highest BCUT2D eigenvalue weighted by Crippen LogP contribution is 2.20. The molecular formula is C26H24N4O4S. The molecule has 4 rings (SSSR count). The maximum atomic E-state index is 12.6. The zero-order chi connectivity index (χ0) is 24.6. The van der Waals surface area contributed by atoms with Crippen molar-refractivity contribution in [2.24, 2.45) is 0 Å². The van der Waals surface area contributed by atoms with Crippen LogP contribution in [0, 0.1) is 6.92 Å². The normalized spacial score (nSPS) is 10.5. The number of methoxy groups -OCH3 is 1. The SMILES string of the molecule is COc1ccccc1CNC(=O)c1ccc(NC(=O)c2nnc(COc3ccccc3C)s2)cc1. The van der Waals surface area contributed by atoms with Crippen LogP contribution < -0.4 is 20.1 Å². The van der Waals surface area contributed by atoms with E-state index in [9.17, 15) is 9.59 Å². The van der Waals surface area contributed by atoms with Crippen LogP contribution >= 0.6 is 11.3 Å². The molecule has 9 heteroatoms. The Kier molecular flexibility index (Phi) is 7.69. The van der Waals surface area contributed by atoms with E-state index in [1.165, 1.54) is 11.3 Å². The molecule has 0 saturated heterocycles. The van der Waals surface area contributed by atoms with Gasteiger partial charge in [-0.25, -0.2) is 0 Å². The molecule has 0 atom stereocenters. The highest BCUT2D eigenvalue weighted by atomic mass is 32.1. The third-order valence-electron chi connectivity index (χ3n) is 5.14. The molecule has 8 nitrogen and oxygen atoms in total. The van der Waals surface area contributed by atoms with Crippen LogP contribution in [0.4, 0.5) is 5.69 Å². The summed E-state index contributed by atoms with van der Waals surface area (Å²) < 4.78 is 11.1. The Morgan fingerprint density at radius 2 is 1.60 bits per heavy atom. The van der Waals surface area contributed by atoms with Crippen molar-refractivity contribution in [3.8, 4) is 11.5 Å². The van der Waals surface area contributed by atoms with Gasteiger partial charge in [0.15, 0.2) is 5.01 Å². The Balaban J connectivity index is 1.30. The van der Waals surface area contributed by atoms with Gasteiger partial charge >= 0.3 is 0 Å². The first kappa shape index (κ1) is 23.9. The van der Waals surface area contributed by atoms with Crippen molar-refractivity contribution in [2.45, 2.75) is 20.1 Å². The molecule has 0 aliphatic heterocycles. The summed E-state index contributed by atoms with van der Waals surface area (Å²) in [6.07, 6.45) is 0. The van der Waals surface area contributed by atoms with Gasteiger partial charge < -0.3 is 20.1 Å². The Morgan fingerprint density at radius 1 is 0.886 bits per heavy atom. The number of nitrogens with one attached hydrogen (secondary N) is 2. The molecule has 0 aliphatic rings. The van der Waals surface area contributed by atoms with Gasteiger partial charge in [0.2, 0.25) is 5.01 Å². The molecular weight excluding hydrogens is 464 g/mol. The Morgan fingerprint density at radius 3 is 2.34 bits per heavy atom. The number of nitrogens with zero attached hydrogens (tertiary/aromatic N) is 2. The molecule has 2 amide bonds. The molecule has 4 aromatic rings. The average molecular weight is 489 g/mol. The maximum Gasteiger partial charge on any atom is 0.286 e. The average Bonchev–Trinajstić information content (AvgIpc) is 3.37. The lowest BCUT2D eigenvalue weighted by Gasteiger charge is -2.10. The highest BCUT2D eigenvalue weighted by Gasteiger charge is 2.14. The Bertz CT molecular complexity index is 1320. The molecule has 3 aromatic carbocycles. The Hall–Kier alpha value is -4.24. The Labute approximate surface area is 206 Å². The van der Waals surface area contributed by atoms with Crippen LogP contribution in [-0.4, -0.2) is 29.1 Å². The second-order valence-corrected chi connectivity index (χ2v) is 8.64. The molecule has 0 radical (unpaired) electrons. The van der Waals surface area contributed by atoms with E-state index in [0.29, 0.717) is 28.6 Å². The predicted octanol–water partition coefficient (Wildman–Crippen LogP) is 4.62. The van der Waals surface area contributed by atoms with Gasteiger partial charge in [-0.3, -0.25) is 9.59 Å². The molecule has 0 spiro atoms. The molecule has 178 valence electrons. The smallest absolute Gasteiger partial charge is 0.286 e. The molecule has 0 bridgehead atoms. The van der Waals surface area contributed by atoms with Gasteiger partial charge in [-0.2, -0.15) is 0 Å². The zero-order valence-electron chi connectivity index (χ0n) is 19.3. The minimum Gasteiger partial charge on any atom is -0.496 e. The number of hydrogen-bond donors (Lipinski definition) is 2. The fourth-order valence-corrected chi connectivity index (χ4v) is 3.93. The summed E-state index contributed by atoms with van der Waals surface area (Å²) >= 11 is 1.17. The zero-order valence-corrected chi connectivity index (χ0v) is 20.1. The van der Waals surface area contributed by atoms with Gasteiger partial charge in [-0.1, -0.05) is 47.7 Å². The fraction of sp³-hybridized carbons (Fsp3) is 0.154. The summed E-state index contributed by atoms with van der Waals surface area (Å²) in [5.74, 6) is 0.877. The first-order chi connectivity index (χ1) is 17.0. The summed E-state index contributed by atoms with van der Waals surface area (Å²) in [5, 5.41) is 14.5. The van der Waals surface area contributed by atoms with Crippen LogP contribution in [0.2, 0.25) is 0 Å². The number of benzene rings is 3. The number of para-hydroxylation sites is 2. The summed E-state index contributed by atoms with van der Waals surface area (Å²) in [4.78, 5) is 25.1. The molecule has 0 unspecified atom stereocenters. The van der Waals surface area contributed by atoms with Crippen molar-refractivity contribution in [2.75, 3.05) is 12.4 Å². The van der Waals surface area contributed by atoms with Gasteiger partial charge in [0, 0.05) is 23.4 Å². The van der Waals surface area contributed by atoms with Crippen LogP contribution in [0.25, 0.3) is 0 Å². The minimum absolute atomic E-state index is 0.226. The van der Waals surface area contributed by atoms with Crippen molar-refractivity contribution < 1.29 is 19.1 Å². The number of carbonyl (C=O) groups is 2. The fourth-order valence-electron chi connectivity index (χ4n) is 3.28. The van der Waals surface area contributed by atoms with E-state index in [1.54, 1.807) is 31.4 Å². The van der Waals surface area contributed by atoms with E-state index in [4.69, 9.17) is 9.47 Å². The monoisotopic (exact) mass is 488 g/mol. The number of carbonyl (C=O) groups excluding carboxylic acids is 2. The first-order valence-corrected chi connectivity index (χ1v) is 11.7. The number of aromatic nitrogens is 2. The third-order valence-corrected chi connectivity index (χ3v) is 6.04. The van der Waals surface area contributed by atoms with E-state index in [0.717, 1.165) is 16.9 Å². The van der Waals surface area contributed by atoms with Crippen molar-refractivity contribution in [3.05, 3.63) is 99.5 Å². The summed E-state index contributed by atoms with van der Waals surface area (Å²) in [6, 6.07) is 21.8. The second kappa shape index (κ2) is 11.3. The topological polar surface area (TPSA) is 102 Å². The first-order valence-electron chi connectivity index (χ1n) is 10.9. The van der Waals surface area contributed by atoms with E-state index in [-0.39, 0.29) is 23.4 Å². The molecule has 1 aromatic heterocycles. The standard InChI is InChI=1S/C26H24N4O4S/c1-17-7-3-5-9-21(17)34-16-23-29-30-26(35-23)25(32)28-20-13-11-18(12-14-20)24(31)27-15-19-8-4-6-10-22(19)33-2/h3-14H,15-16H2,1-2H3,(H,27,31)(H,28,32). The van der Waals surface area contributed by atoms with E-state index >= 15 is 0 Å². The van der Waals surface area contributed by atoms with Crippen LogP contribution in [-0.2, 0) is 13.2 Å². The van der Waals surface area contributed by atoms with Gasteiger partial charge in [-0.15, -0.1) is 10.2 Å². The van der Waals surface area contributed by atoms with Gasteiger partial charge in [0.1, 0.15) is 18.1 Å². The number of ether oxygens (including phenoxy) is 2. The molecule has 0 aliphatic carbocycles. The number of anilines is 1. The lowest BCUT2D eigenvalue weighted by atomic mass is 10.1. The number of hydrogen-bond acceptors (Lipinski definition) is 7. The van der Waals surface area contributed by atoms with E-state index in [2.05, 4.69) is 20.8 Å². The van der Waals surface area contributed by atoms with Gasteiger partial charge in [0.25, 0.3) is 11.8 Å². The molecule has 0 saturated carbocycles. The summed E-state index contributed by atoms with van der Waals surface area (Å²) in [6.45, 7) is 2.53. The number of rotatable bonds is 9. The van der Waals surface area contributed by atoms with E-state index in [1.807, 2.05) is 55.5 Å². The quantitative estimate of drug-likeness (QED) is 0.357. The third kappa shape index (κ3) is 6.21. The maximum absolute atomic E-state index is 12.6. The highest BCUT2D eigenvalue weighted by molar-refractivity contribution is 7.13. The molecule has 0 fully saturated rings. The molecule has 2 N–H and O–H groups in total. The molecule has 35 heavy (non-hydrogen) atoms. The molecule has 1 heterocycles. The van der Waals surface area contributed by atoms with Crippen molar-refractivity contribution in [1.29, 1.82) is 0 Å². The summed E-state index contributed by atoms with van der Waals surface area (Å²) in [5.41, 5.74) is 2.92. The van der Waals surface area contributed by atoms with Crippen molar-refractivity contribution >= 4 is 28.8 Å². The lowest BCUT2D eigenvalue weighted by Crippen LogP contribution is -2.23. The number of amides is 2. The van der Waals surface area contributed by atoms with Crippen molar-refractivity contribution in [3.63, 3.8) is 0 Å². The lowest BCUT2D eigenvalue weighted by molar-refractivity contribution is 0.0950. The van der Waals surface area contributed by atoms with Crippen LogP contribution in [0.15, 0.2) is 72.8 Å². The predicted molar refractivity (Wildman–Crippen MR) is 134 cm³/mol. The van der Waals surface area contributed by atoms with Gasteiger partial charge in [-0.05, 0) is 48.9 Å².